The number of halogens is 1. The monoisotopic (exact) mass is 459 g/mol. The van der Waals surface area contributed by atoms with Crippen molar-refractivity contribution < 1.29 is 13.2 Å². The highest BCUT2D eigenvalue weighted by Crippen LogP contribution is 2.28. The second-order valence-corrected chi connectivity index (χ2v) is 9.62. The van der Waals surface area contributed by atoms with E-state index in [0.29, 0.717) is 18.8 Å². The minimum Gasteiger partial charge on any atom is -0.322 e. The highest BCUT2D eigenvalue weighted by Gasteiger charge is 2.28. The Kier molecular flexibility index (Phi) is 6.35. The van der Waals surface area contributed by atoms with Crippen LogP contribution in [0.3, 0.4) is 0 Å². The van der Waals surface area contributed by atoms with Gasteiger partial charge in [-0.1, -0.05) is 24.4 Å². The predicted octanol–water partition coefficient (Wildman–Crippen LogP) is 3.74. The number of hydrogen-bond donors (Lipinski definition) is 1. The van der Waals surface area contributed by atoms with Crippen LogP contribution in [0.1, 0.15) is 36.0 Å². The number of nitrogens with one attached hydrogen (secondary N) is 1. The van der Waals surface area contributed by atoms with E-state index in [1.165, 1.54) is 28.8 Å². The molecular weight excluding hydrogens is 438 g/mol. The van der Waals surface area contributed by atoms with Crippen LogP contribution in [0.25, 0.3) is 5.69 Å². The van der Waals surface area contributed by atoms with Crippen LogP contribution in [-0.2, 0) is 10.0 Å². The largest absolute Gasteiger partial charge is 0.322 e. The van der Waals surface area contributed by atoms with E-state index in [1.54, 1.807) is 35.3 Å². The van der Waals surface area contributed by atoms with Gasteiger partial charge < -0.3 is 5.32 Å². The van der Waals surface area contributed by atoms with E-state index in [9.17, 15) is 13.2 Å². The predicted molar refractivity (Wildman–Crippen MR) is 118 cm³/mol. The van der Waals surface area contributed by atoms with E-state index in [-0.39, 0.29) is 15.5 Å². The molecule has 0 atom stereocenters. The fourth-order valence-corrected chi connectivity index (χ4v) is 5.52. The average molecular weight is 460 g/mol. The topological polar surface area (TPSA) is 97.2 Å². The Morgan fingerprint density at radius 3 is 2.35 bits per heavy atom. The fraction of sp³-hybridized carbons (Fsp3) is 0.286. The Labute approximate surface area is 185 Å². The third kappa shape index (κ3) is 4.79. The van der Waals surface area contributed by atoms with Crippen LogP contribution >= 0.6 is 11.6 Å². The quantitative estimate of drug-likeness (QED) is 0.626. The summed E-state index contributed by atoms with van der Waals surface area (Å²) in [6.45, 7) is 0.931. The van der Waals surface area contributed by atoms with E-state index in [4.69, 9.17) is 11.6 Å². The first-order chi connectivity index (χ1) is 14.9. The maximum Gasteiger partial charge on any atom is 0.255 e. The van der Waals surface area contributed by atoms with Crippen LogP contribution in [0.15, 0.2) is 60.0 Å². The lowest BCUT2D eigenvalue weighted by atomic mass is 10.2. The van der Waals surface area contributed by atoms with Gasteiger partial charge >= 0.3 is 0 Å². The van der Waals surface area contributed by atoms with Gasteiger partial charge in [0.2, 0.25) is 10.0 Å². The van der Waals surface area contributed by atoms with Crippen LogP contribution < -0.4 is 5.32 Å². The molecule has 0 unspecified atom stereocenters. The van der Waals surface area contributed by atoms with E-state index in [2.05, 4.69) is 15.4 Å². The van der Waals surface area contributed by atoms with E-state index in [1.807, 2.05) is 0 Å². The molecule has 1 aromatic heterocycles. The van der Waals surface area contributed by atoms with Crippen molar-refractivity contribution >= 4 is 33.2 Å². The summed E-state index contributed by atoms with van der Waals surface area (Å²) in [6, 6.07) is 11.4. The molecule has 1 N–H and O–H groups in total. The summed E-state index contributed by atoms with van der Waals surface area (Å²) >= 11 is 6.22. The maximum absolute atomic E-state index is 13.1. The van der Waals surface area contributed by atoms with Crippen molar-refractivity contribution in [3.8, 4) is 5.69 Å². The molecule has 1 aliphatic heterocycles. The van der Waals surface area contributed by atoms with Gasteiger partial charge in [-0.05, 0) is 55.3 Å². The lowest BCUT2D eigenvalue weighted by Gasteiger charge is -2.21. The van der Waals surface area contributed by atoms with Crippen molar-refractivity contribution in [2.24, 2.45) is 0 Å². The Morgan fingerprint density at radius 2 is 1.71 bits per heavy atom. The molecule has 8 nitrogen and oxygen atoms in total. The van der Waals surface area contributed by atoms with Crippen molar-refractivity contribution in [3.05, 3.63) is 65.7 Å². The fourth-order valence-electron chi connectivity index (χ4n) is 3.51. The first kappa shape index (κ1) is 21.5. The summed E-state index contributed by atoms with van der Waals surface area (Å²) in [5.74, 6) is -0.419. The minimum absolute atomic E-state index is 0.0368. The number of anilines is 1. The average Bonchev–Trinajstić information content (AvgIpc) is 3.16. The zero-order valence-electron chi connectivity index (χ0n) is 16.7. The van der Waals surface area contributed by atoms with E-state index in [0.717, 1.165) is 31.4 Å². The normalized spacial score (nSPS) is 15.4. The minimum atomic E-state index is -3.77. The van der Waals surface area contributed by atoms with Crippen molar-refractivity contribution in [1.29, 1.82) is 0 Å². The molecule has 0 radical (unpaired) electrons. The van der Waals surface area contributed by atoms with Gasteiger partial charge in [-0.25, -0.2) is 18.1 Å². The Morgan fingerprint density at radius 1 is 1.00 bits per heavy atom. The molecule has 2 heterocycles. The molecule has 2 aromatic carbocycles. The van der Waals surface area contributed by atoms with Gasteiger partial charge in [-0.2, -0.15) is 9.40 Å². The van der Waals surface area contributed by atoms with Crippen LogP contribution in [0.2, 0.25) is 5.02 Å². The number of hydrogen-bond acceptors (Lipinski definition) is 5. The number of rotatable bonds is 5. The third-order valence-electron chi connectivity index (χ3n) is 5.18. The van der Waals surface area contributed by atoms with Crippen LogP contribution in [0, 0.1) is 0 Å². The van der Waals surface area contributed by atoms with Gasteiger partial charge in [0.25, 0.3) is 5.91 Å². The molecule has 0 aliphatic carbocycles. The molecule has 1 aliphatic rings. The Balaban J connectivity index is 1.54. The van der Waals surface area contributed by atoms with Crippen molar-refractivity contribution in [1.82, 2.24) is 19.1 Å². The van der Waals surface area contributed by atoms with Gasteiger partial charge in [0.15, 0.2) is 0 Å². The summed E-state index contributed by atoms with van der Waals surface area (Å²) in [5.41, 5.74) is 1.59. The van der Waals surface area contributed by atoms with Crippen molar-refractivity contribution in [2.75, 3.05) is 18.4 Å². The Bertz CT molecular complexity index is 1160. The molecule has 4 rings (SSSR count). The lowest BCUT2D eigenvalue weighted by molar-refractivity contribution is 0.102. The zero-order chi connectivity index (χ0) is 21.8. The maximum atomic E-state index is 13.1. The van der Waals surface area contributed by atoms with Crippen LogP contribution in [-0.4, -0.2) is 46.5 Å². The van der Waals surface area contributed by atoms with Crippen molar-refractivity contribution in [3.63, 3.8) is 0 Å². The van der Waals surface area contributed by atoms with Crippen molar-refractivity contribution in [2.45, 2.75) is 30.6 Å². The number of sulfonamides is 1. The second-order valence-electron chi connectivity index (χ2n) is 7.30. The van der Waals surface area contributed by atoms with Gasteiger partial charge in [0.05, 0.1) is 10.7 Å². The zero-order valence-corrected chi connectivity index (χ0v) is 18.3. The number of carbonyl (C=O) groups is 1. The van der Waals surface area contributed by atoms with E-state index >= 15 is 0 Å². The molecule has 31 heavy (non-hydrogen) atoms. The molecular formula is C21H22ClN5O3S. The second kappa shape index (κ2) is 9.17. The third-order valence-corrected chi connectivity index (χ3v) is 7.56. The van der Waals surface area contributed by atoms with Gasteiger partial charge in [-0.3, -0.25) is 4.79 Å². The smallest absolute Gasteiger partial charge is 0.255 e. The molecule has 1 amide bonds. The van der Waals surface area contributed by atoms with Crippen LogP contribution in [0.4, 0.5) is 5.69 Å². The lowest BCUT2D eigenvalue weighted by Crippen LogP contribution is -2.32. The molecule has 162 valence electrons. The molecule has 1 saturated heterocycles. The molecule has 1 fully saturated rings. The first-order valence-corrected chi connectivity index (χ1v) is 11.8. The summed E-state index contributed by atoms with van der Waals surface area (Å²) in [5, 5.41) is 6.95. The number of benzene rings is 2. The summed E-state index contributed by atoms with van der Waals surface area (Å²) in [4.78, 5) is 16.6. The summed E-state index contributed by atoms with van der Waals surface area (Å²) < 4.78 is 29.3. The molecule has 0 spiro atoms. The standard InChI is InChI=1S/C21H22ClN5O3S/c22-19-10-5-16(13-20(19)31(29,30)26-11-3-1-2-4-12-26)21(28)25-17-6-8-18(9-7-17)27-15-23-14-24-27/h5-10,13-15H,1-4,11-12H2,(H,25,28). The first-order valence-electron chi connectivity index (χ1n) is 10.0. The number of aromatic nitrogens is 3. The molecule has 0 bridgehead atoms. The Hall–Kier alpha value is -2.75. The highest BCUT2D eigenvalue weighted by atomic mass is 35.5. The number of carbonyl (C=O) groups excluding carboxylic acids is 1. The number of nitrogens with zero attached hydrogens (tertiary/aromatic N) is 4. The summed E-state index contributed by atoms with van der Waals surface area (Å²) in [6.07, 6.45) is 6.68. The van der Waals surface area contributed by atoms with Gasteiger partial charge in [0, 0.05) is 24.3 Å². The van der Waals surface area contributed by atoms with Crippen LogP contribution in [0.5, 0.6) is 0 Å². The van der Waals surface area contributed by atoms with Gasteiger partial charge in [0.1, 0.15) is 17.6 Å². The van der Waals surface area contributed by atoms with E-state index < -0.39 is 15.9 Å². The molecule has 10 heteroatoms. The molecule has 3 aromatic rings. The SMILES string of the molecule is O=C(Nc1ccc(-n2cncn2)cc1)c1ccc(Cl)c(S(=O)(=O)N2CCCCCC2)c1. The number of amides is 1. The highest BCUT2D eigenvalue weighted by molar-refractivity contribution is 7.89. The molecule has 0 saturated carbocycles. The van der Waals surface area contributed by atoms with Gasteiger partial charge in [-0.15, -0.1) is 0 Å². The summed E-state index contributed by atoms with van der Waals surface area (Å²) in [7, 11) is -3.77.